The summed E-state index contributed by atoms with van der Waals surface area (Å²) >= 11 is 0. The first-order valence-corrected chi connectivity index (χ1v) is 6.79. The van der Waals surface area contributed by atoms with Gasteiger partial charge in [0.1, 0.15) is 17.9 Å². The van der Waals surface area contributed by atoms with E-state index in [1.54, 1.807) is 6.92 Å². The molecular formula is C15H20N2O4. The third kappa shape index (κ3) is 3.16. The summed E-state index contributed by atoms with van der Waals surface area (Å²) in [5, 5.41) is 2.65. The van der Waals surface area contributed by atoms with E-state index in [9.17, 15) is 9.59 Å². The number of para-hydroxylation sites is 1. The van der Waals surface area contributed by atoms with Crippen molar-refractivity contribution in [3.8, 4) is 5.75 Å². The Morgan fingerprint density at radius 1 is 1.29 bits per heavy atom. The van der Waals surface area contributed by atoms with Gasteiger partial charge >= 0.3 is 6.03 Å². The van der Waals surface area contributed by atoms with Gasteiger partial charge in [-0.15, -0.1) is 0 Å². The second-order valence-electron chi connectivity index (χ2n) is 5.27. The molecule has 1 atom stereocenters. The molecule has 0 unspecified atom stereocenters. The van der Waals surface area contributed by atoms with Crippen LogP contribution in [0.4, 0.5) is 4.79 Å². The number of hydrogen-bond donors (Lipinski definition) is 1. The number of ether oxygens (including phenoxy) is 2. The van der Waals surface area contributed by atoms with Gasteiger partial charge in [0.25, 0.3) is 5.91 Å². The summed E-state index contributed by atoms with van der Waals surface area (Å²) in [5.74, 6) is 0.465. The molecule has 114 valence electrons. The van der Waals surface area contributed by atoms with E-state index < -0.39 is 11.6 Å². The summed E-state index contributed by atoms with van der Waals surface area (Å²) in [4.78, 5) is 25.3. The Kier molecular flexibility index (Phi) is 4.47. The number of carbonyl (C=O) groups excluding carboxylic acids is 2. The second kappa shape index (κ2) is 6.13. The Labute approximate surface area is 124 Å². The Hall–Kier alpha value is -2.08. The van der Waals surface area contributed by atoms with E-state index in [-0.39, 0.29) is 25.7 Å². The van der Waals surface area contributed by atoms with E-state index in [1.165, 1.54) is 7.11 Å². The zero-order valence-corrected chi connectivity index (χ0v) is 12.5. The van der Waals surface area contributed by atoms with Crippen LogP contribution in [-0.4, -0.2) is 49.2 Å². The minimum absolute atomic E-state index is 0.146. The fourth-order valence-electron chi connectivity index (χ4n) is 2.30. The average molecular weight is 292 g/mol. The van der Waals surface area contributed by atoms with Crippen LogP contribution < -0.4 is 10.1 Å². The van der Waals surface area contributed by atoms with E-state index in [0.29, 0.717) is 0 Å². The van der Waals surface area contributed by atoms with Crippen LogP contribution in [0.5, 0.6) is 5.75 Å². The highest BCUT2D eigenvalue weighted by Gasteiger charge is 2.47. The van der Waals surface area contributed by atoms with Crippen molar-refractivity contribution in [2.24, 2.45) is 0 Å². The summed E-state index contributed by atoms with van der Waals surface area (Å²) in [5.41, 5.74) is 0.0213. The van der Waals surface area contributed by atoms with Crippen molar-refractivity contribution in [2.45, 2.75) is 19.4 Å². The molecule has 0 aliphatic carbocycles. The van der Waals surface area contributed by atoms with Crippen LogP contribution in [0.15, 0.2) is 24.3 Å². The highest BCUT2D eigenvalue weighted by molar-refractivity contribution is 6.06. The van der Waals surface area contributed by atoms with Crippen molar-refractivity contribution in [2.75, 3.05) is 26.9 Å². The largest absolute Gasteiger partial charge is 0.491 e. The number of urea groups is 1. The molecule has 0 aromatic heterocycles. The number of nitrogens with zero attached hydrogens (tertiary/aromatic N) is 1. The minimum atomic E-state index is -0.992. The zero-order chi connectivity index (χ0) is 15.5. The molecule has 3 amide bonds. The summed E-state index contributed by atoms with van der Waals surface area (Å²) in [6.07, 6.45) is 0. The summed E-state index contributed by atoms with van der Waals surface area (Å²) in [6.45, 7) is 4.20. The van der Waals surface area contributed by atoms with Gasteiger partial charge in [-0.1, -0.05) is 18.2 Å². The summed E-state index contributed by atoms with van der Waals surface area (Å²) in [7, 11) is 1.49. The predicted octanol–water partition coefficient (Wildman–Crippen LogP) is 1.33. The maximum Gasteiger partial charge on any atom is 0.325 e. The summed E-state index contributed by atoms with van der Waals surface area (Å²) < 4.78 is 10.6. The van der Waals surface area contributed by atoms with Gasteiger partial charge in [-0.05, 0) is 25.5 Å². The molecule has 21 heavy (non-hydrogen) atoms. The molecule has 1 saturated heterocycles. The molecule has 6 heteroatoms. The first kappa shape index (κ1) is 15.3. The maximum atomic E-state index is 12.2. The lowest BCUT2D eigenvalue weighted by Gasteiger charge is -2.20. The lowest BCUT2D eigenvalue weighted by atomic mass is 10.0. The van der Waals surface area contributed by atoms with Gasteiger partial charge in [-0.25, -0.2) is 4.79 Å². The van der Waals surface area contributed by atoms with Crippen LogP contribution in [-0.2, 0) is 9.53 Å². The second-order valence-corrected chi connectivity index (χ2v) is 5.27. The van der Waals surface area contributed by atoms with Gasteiger partial charge in [0.2, 0.25) is 0 Å². The molecule has 0 spiro atoms. The quantitative estimate of drug-likeness (QED) is 0.803. The Bertz CT molecular complexity index is 546. The van der Waals surface area contributed by atoms with Gasteiger partial charge in [0, 0.05) is 7.11 Å². The Morgan fingerprint density at radius 3 is 2.67 bits per heavy atom. The molecule has 1 fully saturated rings. The van der Waals surface area contributed by atoms with Crippen LogP contribution in [0.1, 0.15) is 12.5 Å². The number of carbonyl (C=O) groups is 2. The summed E-state index contributed by atoms with van der Waals surface area (Å²) in [6, 6.07) is 7.20. The monoisotopic (exact) mass is 292 g/mol. The average Bonchev–Trinajstić information content (AvgIpc) is 2.64. The highest BCUT2D eigenvalue weighted by atomic mass is 16.5. The van der Waals surface area contributed by atoms with Crippen LogP contribution in [0.2, 0.25) is 0 Å². The number of aryl methyl sites for hydroxylation is 1. The van der Waals surface area contributed by atoms with Crippen LogP contribution >= 0.6 is 0 Å². The van der Waals surface area contributed by atoms with Crippen LogP contribution in [0.3, 0.4) is 0 Å². The Morgan fingerprint density at radius 2 is 2.00 bits per heavy atom. The maximum absolute atomic E-state index is 12.2. The predicted molar refractivity (Wildman–Crippen MR) is 77.2 cm³/mol. The fourth-order valence-corrected chi connectivity index (χ4v) is 2.30. The number of rotatable bonds is 6. The first-order chi connectivity index (χ1) is 9.98. The lowest BCUT2D eigenvalue weighted by Crippen LogP contribution is -2.48. The van der Waals surface area contributed by atoms with Gasteiger partial charge in [-0.2, -0.15) is 0 Å². The normalized spacial score (nSPS) is 21.6. The van der Waals surface area contributed by atoms with Crippen molar-refractivity contribution in [1.82, 2.24) is 10.2 Å². The molecule has 2 rings (SSSR count). The standard InChI is InChI=1S/C15H20N2O4/c1-11-6-4-5-7-12(11)21-9-8-17-13(18)15(2,10-20-3)16-14(17)19/h4-7H,8-10H2,1-3H3,(H,16,19)/t15-/m0/s1. The van der Waals surface area contributed by atoms with Crippen molar-refractivity contribution < 1.29 is 19.1 Å². The van der Waals surface area contributed by atoms with Gasteiger partial charge in [-0.3, -0.25) is 9.69 Å². The van der Waals surface area contributed by atoms with Gasteiger partial charge in [0.05, 0.1) is 13.2 Å². The molecule has 0 bridgehead atoms. The van der Waals surface area contributed by atoms with E-state index in [1.807, 2.05) is 31.2 Å². The fraction of sp³-hybridized carbons (Fsp3) is 0.467. The van der Waals surface area contributed by atoms with Crippen LogP contribution in [0.25, 0.3) is 0 Å². The number of hydrogen-bond acceptors (Lipinski definition) is 4. The lowest BCUT2D eigenvalue weighted by molar-refractivity contribution is -0.132. The molecule has 1 aromatic carbocycles. The number of imide groups is 1. The zero-order valence-electron chi connectivity index (χ0n) is 12.5. The van der Waals surface area contributed by atoms with Crippen molar-refractivity contribution in [3.63, 3.8) is 0 Å². The number of amides is 3. The van der Waals surface area contributed by atoms with Gasteiger partial charge < -0.3 is 14.8 Å². The highest BCUT2D eigenvalue weighted by Crippen LogP contribution is 2.19. The van der Waals surface area contributed by atoms with Crippen molar-refractivity contribution in [3.05, 3.63) is 29.8 Å². The molecule has 1 heterocycles. The molecule has 0 radical (unpaired) electrons. The third-order valence-electron chi connectivity index (χ3n) is 3.44. The molecule has 1 aromatic rings. The number of methoxy groups -OCH3 is 1. The molecular weight excluding hydrogens is 272 g/mol. The van der Waals surface area contributed by atoms with E-state index in [0.717, 1.165) is 16.2 Å². The van der Waals surface area contributed by atoms with E-state index in [2.05, 4.69) is 5.32 Å². The molecule has 6 nitrogen and oxygen atoms in total. The van der Waals surface area contributed by atoms with Crippen molar-refractivity contribution in [1.29, 1.82) is 0 Å². The molecule has 1 aliphatic rings. The molecule has 1 aliphatic heterocycles. The number of benzene rings is 1. The smallest absolute Gasteiger partial charge is 0.325 e. The minimum Gasteiger partial charge on any atom is -0.491 e. The molecule has 1 N–H and O–H groups in total. The third-order valence-corrected chi connectivity index (χ3v) is 3.44. The van der Waals surface area contributed by atoms with Gasteiger partial charge in [0.15, 0.2) is 0 Å². The Balaban J connectivity index is 1.93. The number of nitrogens with one attached hydrogen (secondary N) is 1. The van der Waals surface area contributed by atoms with E-state index >= 15 is 0 Å². The van der Waals surface area contributed by atoms with E-state index in [4.69, 9.17) is 9.47 Å². The van der Waals surface area contributed by atoms with Crippen molar-refractivity contribution >= 4 is 11.9 Å². The first-order valence-electron chi connectivity index (χ1n) is 6.79. The SMILES string of the molecule is COC[C@]1(C)NC(=O)N(CCOc2ccccc2C)C1=O. The molecule has 0 saturated carbocycles. The van der Waals surface area contributed by atoms with Crippen LogP contribution in [0, 0.1) is 6.92 Å². The topological polar surface area (TPSA) is 67.9 Å².